The first-order valence-electron chi connectivity index (χ1n) is 5.51. The SMILES string of the molecule is NN1CCCCC1Cc1cccc(Br)c1. The summed E-state index contributed by atoms with van der Waals surface area (Å²) in [6.45, 7) is 1.04. The highest BCUT2D eigenvalue weighted by molar-refractivity contribution is 9.10. The van der Waals surface area contributed by atoms with Crippen molar-refractivity contribution in [3.63, 3.8) is 0 Å². The molecule has 82 valence electrons. The highest BCUT2D eigenvalue weighted by Crippen LogP contribution is 2.19. The molecule has 0 spiro atoms. The highest BCUT2D eigenvalue weighted by Gasteiger charge is 2.19. The lowest BCUT2D eigenvalue weighted by molar-refractivity contribution is 0.150. The molecule has 0 bridgehead atoms. The van der Waals surface area contributed by atoms with Crippen molar-refractivity contribution in [1.29, 1.82) is 0 Å². The molecule has 1 aromatic carbocycles. The Balaban J connectivity index is 2.01. The summed E-state index contributed by atoms with van der Waals surface area (Å²) in [6.07, 6.45) is 4.84. The maximum atomic E-state index is 5.99. The Morgan fingerprint density at radius 1 is 1.40 bits per heavy atom. The van der Waals surface area contributed by atoms with E-state index in [4.69, 9.17) is 5.84 Å². The monoisotopic (exact) mass is 268 g/mol. The standard InChI is InChI=1S/C12H17BrN2/c13-11-5-3-4-10(8-11)9-12-6-1-2-7-15(12)14/h3-5,8,12H,1-2,6-7,9,14H2. The van der Waals surface area contributed by atoms with Crippen LogP contribution in [0.25, 0.3) is 0 Å². The zero-order chi connectivity index (χ0) is 10.7. The first-order chi connectivity index (χ1) is 7.25. The molecule has 15 heavy (non-hydrogen) atoms. The van der Waals surface area contributed by atoms with Gasteiger partial charge in [-0.25, -0.2) is 5.01 Å². The van der Waals surface area contributed by atoms with E-state index in [9.17, 15) is 0 Å². The van der Waals surface area contributed by atoms with Gasteiger partial charge in [-0.3, -0.25) is 5.84 Å². The summed E-state index contributed by atoms with van der Waals surface area (Å²) in [5.41, 5.74) is 1.37. The molecule has 1 aromatic rings. The van der Waals surface area contributed by atoms with Gasteiger partial charge < -0.3 is 0 Å². The number of rotatable bonds is 2. The predicted molar refractivity (Wildman–Crippen MR) is 66.4 cm³/mol. The average molecular weight is 269 g/mol. The Bertz CT molecular complexity index is 327. The molecule has 0 aliphatic carbocycles. The minimum absolute atomic E-state index is 0.521. The van der Waals surface area contributed by atoms with Gasteiger partial charge in [0.1, 0.15) is 0 Å². The van der Waals surface area contributed by atoms with Gasteiger partial charge in [0.2, 0.25) is 0 Å². The molecule has 1 saturated heterocycles. The third-order valence-corrected chi connectivity index (χ3v) is 3.53. The van der Waals surface area contributed by atoms with Crippen LogP contribution in [0.5, 0.6) is 0 Å². The molecule has 2 nitrogen and oxygen atoms in total. The van der Waals surface area contributed by atoms with Gasteiger partial charge in [0.15, 0.2) is 0 Å². The minimum Gasteiger partial charge on any atom is -0.269 e. The second-order valence-corrected chi connectivity index (χ2v) is 5.14. The summed E-state index contributed by atoms with van der Waals surface area (Å²) in [6, 6.07) is 9.02. The third-order valence-electron chi connectivity index (χ3n) is 3.03. The quantitative estimate of drug-likeness (QED) is 0.836. The van der Waals surface area contributed by atoms with Gasteiger partial charge in [-0.1, -0.05) is 34.5 Å². The Hall–Kier alpha value is -0.380. The van der Waals surface area contributed by atoms with E-state index in [1.807, 2.05) is 5.01 Å². The van der Waals surface area contributed by atoms with Crippen molar-refractivity contribution in [3.8, 4) is 0 Å². The summed E-state index contributed by atoms with van der Waals surface area (Å²) in [5, 5.41) is 2.00. The van der Waals surface area contributed by atoms with Gasteiger partial charge in [0.25, 0.3) is 0 Å². The van der Waals surface area contributed by atoms with Crippen molar-refractivity contribution in [2.75, 3.05) is 6.54 Å². The summed E-state index contributed by atoms with van der Waals surface area (Å²) in [7, 11) is 0. The van der Waals surface area contributed by atoms with Crippen molar-refractivity contribution in [2.45, 2.75) is 31.7 Å². The lowest BCUT2D eigenvalue weighted by Gasteiger charge is -2.31. The zero-order valence-electron chi connectivity index (χ0n) is 8.82. The van der Waals surface area contributed by atoms with E-state index in [-0.39, 0.29) is 0 Å². The van der Waals surface area contributed by atoms with Crippen molar-refractivity contribution in [3.05, 3.63) is 34.3 Å². The molecule has 0 amide bonds. The van der Waals surface area contributed by atoms with Crippen molar-refractivity contribution >= 4 is 15.9 Å². The van der Waals surface area contributed by atoms with Crippen LogP contribution in [0.15, 0.2) is 28.7 Å². The first kappa shape index (κ1) is 11.1. The van der Waals surface area contributed by atoms with Crippen LogP contribution < -0.4 is 5.84 Å². The lowest BCUT2D eigenvalue weighted by atomic mass is 9.97. The second kappa shape index (κ2) is 5.10. The van der Waals surface area contributed by atoms with Crippen LogP contribution in [0, 0.1) is 0 Å². The predicted octanol–water partition coefficient (Wildman–Crippen LogP) is 2.72. The molecule has 1 aliphatic heterocycles. The van der Waals surface area contributed by atoms with Gasteiger partial charge in [-0.15, -0.1) is 0 Å². The summed E-state index contributed by atoms with van der Waals surface area (Å²) >= 11 is 3.50. The Morgan fingerprint density at radius 2 is 2.27 bits per heavy atom. The summed E-state index contributed by atoms with van der Waals surface area (Å²) in [4.78, 5) is 0. The summed E-state index contributed by atoms with van der Waals surface area (Å²) in [5.74, 6) is 5.99. The largest absolute Gasteiger partial charge is 0.269 e. The van der Waals surface area contributed by atoms with E-state index in [2.05, 4.69) is 40.2 Å². The van der Waals surface area contributed by atoms with Gasteiger partial charge in [-0.05, 0) is 37.0 Å². The Morgan fingerprint density at radius 3 is 3.00 bits per heavy atom. The molecular formula is C12H17BrN2. The smallest absolute Gasteiger partial charge is 0.0281 e. The Labute approximate surface area is 99.6 Å². The molecule has 2 rings (SSSR count). The van der Waals surface area contributed by atoms with E-state index in [1.54, 1.807) is 0 Å². The number of nitrogens with two attached hydrogens (primary N) is 1. The van der Waals surface area contributed by atoms with Gasteiger partial charge in [0.05, 0.1) is 0 Å². The number of hydrazine groups is 1. The molecule has 0 saturated carbocycles. The number of nitrogens with zero attached hydrogens (tertiary/aromatic N) is 1. The minimum atomic E-state index is 0.521. The van der Waals surface area contributed by atoms with Crippen LogP contribution in [0.1, 0.15) is 24.8 Å². The number of halogens is 1. The van der Waals surface area contributed by atoms with Crippen LogP contribution >= 0.6 is 15.9 Å². The highest BCUT2D eigenvalue weighted by atomic mass is 79.9. The van der Waals surface area contributed by atoms with Gasteiger partial charge >= 0.3 is 0 Å². The number of hydrogen-bond acceptors (Lipinski definition) is 2. The molecule has 2 N–H and O–H groups in total. The topological polar surface area (TPSA) is 29.3 Å². The molecule has 0 aromatic heterocycles. The molecule has 1 fully saturated rings. The number of hydrogen-bond donors (Lipinski definition) is 1. The first-order valence-corrected chi connectivity index (χ1v) is 6.31. The van der Waals surface area contributed by atoms with E-state index in [0.717, 1.165) is 17.4 Å². The Kier molecular flexibility index (Phi) is 3.78. The maximum absolute atomic E-state index is 5.99. The second-order valence-electron chi connectivity index (χ2n) is 4.22. The fourth-order valence-electron chi connectivity index (χ4n) is 2.18. The molecule has 1 atom stereocenters. The van der Waals surface area contributed by atoms with E-state index in [0.29, 0.717) is 6.04 Å². The van der Waals surface area contributed by atoms with Crippen LogP contribution in [0.3, 0.4) is 0 Å². The molecule has 1 unspecified atom stereocenters. The van der Waals surface area contributed by atoms with Gasteiger partial charge in [0, 0.05) is 17.1 Å². The fraction of sp³-hybridized carbons (Fsp3) is 0.500. The fourth-order valence-corrected chi connectivity index (χ4v) is 2.62. The van der Waals surface area contributed by atoms with E-state index >= 15 is 0 Å². The average Bonchev–Trinajstić information content (AvgIpc) is 2.22. The molecular weight excluding hydrogens is 252 g/mol. The zero-order valence-corrected chi connectivity index (χ0v) is 10.4. The van der Waals surface area contributed by atoms with Gasteiger partial charge in [-0.2, -0.15) is 0 Å². The molecule has 1 heterocycles. The third kappa shape index (κ3) is 3.03. The van der Waals surface area contributed by atoms with Crippen LogP contribution in [-0.4, -0.2) is 17.6 Å². The van der Waals surface area contributed by atoms with Crippen LogP contribution in [0.2, 0.25) is 0 Å². The number of piperidine rings is 1. The van der Waals surface area contributed by atoms with E-state index in [1.165, 1.54) is 24.8 Å². The number of benzene rings is 1. The van der Waals surface area contributed by atoms with Crippen molar-refractivity contribution in [2.24, 2.45) is 5.84 Å². The molecule has 1 aliphatic rings. The maximum Gasteiger partial charge on any atom is 0.0281 e. The van der Waals surface area contributed by atoms with Crippen LogP contribution in [0.4, 0.5) is 0 Å². The van der Waals surface area contributed by atoms with Crippen molar-refractivity contribution in [1.82, 2.24) is 5.01 Å². The lowest BCUT2D eigenvalue weighted by Crippen LogP contribution is -2.45. The summed E-state index contributed by atoms with van der Waals surface area (Å²) < 4.78 is 1.15. The van der Waals surface area contributed by atoms with Crippen LogP contribution in [-0.2, 0) is 6.42 Å². The van der Waals surface area contributed by atoms with Crippen molar-refractivity contribution < 1.29 is 0 Å². The normalized spacial score (nSPS) is 22.9. The molecule has 3 heteroatoms. The van der Waals surface area contributed by atoms with E-state index < -0.39 is 0 Å². The molecule has 0 radical (unpaired) electrons.